The largest absolute Gasteiger partial charge is 0.490 e. The fourth-order valence-electron chi connectivity index (χ4n) is 1.96. The monoisotopic (exact) mass is 306 g/mol. The quantitative estimate of drug-likeness (QED) is 0.822. The summed E-state index contributed by atoms with van der Waals surface area (Å²) in [6, 6.07) is 7.83. The number of rotatable bonds is 7. The smallest absolute Gasteiger partial charge is 0.204 e. The van der Waals surface area contributed by atoms with Gasteiger partial charge in [0.1, 0.15) is 6.33 Å². The third-order valence-corrected chi connectivity index (χ3v) is 3.22. The van der Waals surface area contributed by atoms with E-state index in [0.29, 0.717) is 17.4 Å². The molecule has 0 bridgehead atoms. The van der Waals surface area contributed by atoms with Crippen molar-refractivity contribution >= 4 is 23.2 Å². The SMILES string of the molecule is CCNc1ncnc(NCCc2ccc(Cl)cc2)c1OC. The summed E-state index contributed by atoms with van der Waals surface area (Å²) in [5, 5.41) is 7.18. The van der Waals surface area contributed by atoms with Crippen LogP contribution >= 0.6 is 11.6 Å². The third kappa shape index (κ3) is 4.23. The van der Waals surface area contributed by atoms with E-state index >= 15 is 0 Å². The lowest BCUT2D eigenvalue weighted by molar-refractivity contribution is 0.414. The van der Waals surface area contributed by atoms with Crippen LogP contribution in [-0.4, -0.2) is 30.2 Å². The first-order chi connectivity index (χ1) is 10.2. The van der Waals surface area contributed by atoms with Crippen LogP contribution < -0.4 is 15.4 Å². The predicted molar refractivity (Wildman–Crippen MR) is 86.4 cm³/mol. The van der Waals surface area contributed by atoms with Crippen molar-refractivity contribution in [3.63, 3.8) is 0 Å². The molecule has 0 aliphatic heterocycles. The van der Waals surface area contributed by atoms with Crippen LogP contribution in [0.5, 0.6) is 5.75 Å². The van der Waals surface area contributed by atoms with E-state index in [1.807, 2.05) is 31.2 Å². The van der Waals surface area contributed by atoms with E-state index in [-0.39, 0.29) is 0 Å². The molecule has 0 aliphatic rings. The molecule has 5 nitrogen and oxygen atoms in total. The molecule has 0 spiro atoms. The maximum absolute atomic E-state index is 5.87. The molecule has 0 fully saturated rings. The normalized spacial score (nSPS) is 10.2. The summed E-state index contributed by atoms with van der Waals surface area (Å²) in [5.41, 5.74) is 1.21. The molecule has 2 N–H and O–H groups in total. The highest BCUT2D eigenvalue weighted by molar-refractivity contribution is 6.30. The lowest BCUT2D eigenvalue weighted by atomic mass is 10.1. The summed E-state index contributed by atoms with van der Waals surface area (Å²) < 4.78 is 5.38. The van der Waals surface area contributed by atoms with Crippen LogP contribution in [0.4, 0.5) is 11.6 Å². The first-order valence-corrected chi connectivity index (χ1v) is 7.23. The minimum Gasteiger partial charge on any atom is -0.490 e. The molecule has 0 radical (unpaired) electrons. The molecule has 2 rings (SSSR count). The molecule has 0 amide bonds. The lowest BCUT2D eigenvalue weighted by Gasteiger charge is -2.13. The van der Waals surface area contributed by atoms with Gasteiger partial charge < -0.3 is 15.4 Å². The van der Waals surface area contributed by atoms with E-state index in [4.69, 9.17) is 16.3 Å². The Morgan fingerprint density at radius 3 is 2.38 bits per heavy atom. The zero-order chi connectivity index (χ0) is 15.1. The number of benzene rings is 1. The van der Waals surface area contributed by atoms with Crippen LogP contribution in [-0.2, 0) is 6.42 Å². The van der Waals surface area contributed by atoms with Crippen molar-refractivity contribution in [1.82, 2.24) is 9.97 Å². The fourth-order valence-corrected chi connectivity index (χ4v) is 2.09. The molecule has 0 atom stereocenters. The zero-order valence-electron chi connectivity index (χ0n) is 12.2. The summed E-state index contributed by atoms with van der Waals surface area (Å²) in [6.07, 6.45) is 2.39. The van der Waals surface area contributed by atoms with Crippen LogP contribution in [0.2, 0.25) is 5.02 Å². The van der Waals surface area contributed by atoms with Gasteiger partial charge in [-0.15, -0.1) is 0 Å². The van der Waals surface area contributed by atoms with Crippen molar-refractivity contribution in [3.05, 3.63) is 41.2 Å². The first-order valence-electron chi connectivity index (χ1n) is 6.85. The molecule has 0 saturated heterocycles. The Morgan fingerprint density at radius 1 is 1.10 bits per heavy atom. The Hall–Kier alpha value is -2.01. The van der Waals surface area contributed by atoms with Gasteiger partial charge in [0.15, 0.2) is 11.6 Å². The van der Waals surface area contributed by atoms with Crippen molar-refractivity contribution < 1.29 is 4.74 Å². The van der Waals surface area contributed by atoms with Gasteiger partial charge in [-0.3, -0.25) is 0 Å². The topological polar surface area (TPSA) is 59.1 Å². The second kappa shape index (κ2) is 7.69. The van der Waals surface area contributed by atoms with Gasteiger partial charge in [0.05, 0.1) is 7.11 Å². The number of nitrogens with one attached hydrogen (secondary N) is 2. The number of hydrogen-bond donors (Lipinski definition) is 2. The predicted octanol–water partition coefficient (Wildman–Crippen LogP) is 3.23. The molecule has 21 heavy (non-hydrogen) atoms. The summed E-state index contributed by atoms with van der Waals surface area (Å²) in [5.74, 6) is 2.02. The highest BCUT2D eigenvalue weighted by atomic mass is 35.5. The van der Waals surface area contributed by atoms with Gasteiger partial charge in [-0.25, -0.2) is 9.97 Å². The van der Waals surface area contributed by atoms with E-state index in [1.165, 1.54) is 11.9 Å². The number of ether oxygens (including phenoxy) is 1. The average Bonchev–Trinajstić information content (AvgIpc) is 2.50. The summed E-state index contributed by atoms with van der Waals surface area (Å²) >= 11 is 5.87. The second-order valence-electron chi connectivity index (χ2n) is 4.44. The molecule has 112 valence electrons. The highest BCUT2D eigenvalue weighted by Gasteiger charge is 2.10. The summed E-state index contributed by atoms with van der Waals surface area (Å²) in [4.78, 5) is 8.40. The number of aromatic nitrogens is 2. The molecular weight excluding hydrogens is 288 g/mol. The molecule has 2 aromatic rings. The Labute approximate surface area is 129 Å². The van der Waals surface area contributed by atoms with Crippen LogP contribution in [0.15, 0.2) is 30.6 Å². The molecule has 0 aliphatic carbocycles. The Kier molecular flexibility index (Phi) is 5.63. The summed E-state index contributed by atoms with van der Waals surface area (Å²) in [6.45, 7) is 3.54. The van der Waals surface area contributed by atoms with Crippen LogP contribution in [0.25, 0.3) is 0 Å². The molecule has 0 unspecified atom stereocenters. The van der Waals surface area contributed by atoms with Gasteiger partial charge in [-0.2, -0.15) is 0 Å². The number of methoxy groups -OCH3 is 1. The van der Waals surface area contributed by atoms with E-state index < -0.39 is 0 Å². The third-order valence-electron chi connectivity index (χ3n) is 2.97. The second-order valence-corrected chi connectivity index (χ2v) is 4.87. The van der Waals surface area contributed by atoms with Crippen molar-refractivity contribution in [2.75, 3.05) is 30.8 Å². The van der Waals surface area contributed by atoms with Gasteiger partial charge in [0.25, 0.3) is 0 Å². The fraction of sp³-hybridized carbons (Fsp3) is 0.333. The zero-order valence-corrected chi connectivity index (χ0v) is 12.9. The van der Waals surface area contributed by atoms with Crippen molar-refractivity contribution in [2.45, 2.75) is 13.3 Å². The van der Waals surface area contributed by atoms with Crippen molar-refractivity contribution in [3.8, 4) is 5.75 Å². The number of hydrogen-bond acceptors (Lipinski definition) is 5. The van der Waals surface area contributed by atoms with Crippen molar-refractivity contribution in [2.24, 2.45) is 0 Å². The molecule has 1 aromatic heterocycles. The van der Waals surface area contributed by atoms with Crippen LogP contribution in [0.1, 0.15) is 12.5 Å². The maximum atomic E-state index is 5.87. The number of halogens is 1. The molecule has 6 heteroatoms. The minimum atomic E-state index is 0.635. The van der Waals surface area contributed by atoms with Gasteiger partial charge in [0.2, 0.25) is 5.75 Å². The molecule has 1 aromatic carbocycles. The van der Waals surface area contributed by atoms with E-state index in [2.05, 4.69) is 20.6 Å². The average molecular weight is 307 g/mol. The van der Waals surface area contributed by atoms with Crippen molar-refractivity contribution in [1.29, 1.82) is 0 Å². The van der Waals surface area contributed by atoms with E-state index in [9.17, 15) is 0 Å². The van der Waals surface area contributed by atoms with Gasteiger partial charge in [-0.05, 0) is 31.0 Å². The molecule has 1 heterocycles. The number of nitrogens with zero attached hydrogens (tertiary/aromatic N) is 2. The summed E-state index contributed by atoms with van der Waals surface area (Å²) in [7, 11) is 1.61. The Bertz CT molecular complexity index is 574. The standard InChI is InChI=1S/C15H19ClN4O/c1-3-17-14-13(21-2)15(20-10-19-14)18-9-8-11-4-6-12(16)7-5-11/h4-7,10H,3,8-9H2,1-2H3,(H2,17,18,19,20). The van der Waals surface area contributed by atoms with Gasteiger partial charge in [0, 0.05) is 18.1 Å². The Balaban J connectivity index is 1.99. The molecule has 0 saturated carbocycles. The highest BCUT2D eigenvalue weighted by Crippen LogP contribution is 2.28. The molecular formula is C15H19ClN4O. The van der Waals surface area contributed by atoms with E-state index in [1.54, 1.807) is 7.11 Å². The number of anilines is 2. The lowest BCUT2D eigenvalue weighted by Crippen LogP contribution is -2.10. The minimum absolute atomic E-state index is 0.635. The Morgan fingerprint density at radius 2 is 1.76 bits per heavy atom. The van der Waals surface area contributed by atoms with Gasteiger partial charge in [-0.1, -0.05) is 23.7 Å². The van der Waals surface area contributed by atoms with Gasteiger partial charge >= 0.3 is 0 Å². The van der Waals surface area contributed by atoms with Crippen LogP contribution in [0, 0.1) is 0 Å². The van der Waals surface area contributed by atoms with E-state index in [0.717, 1.165) is 24.5 Å². The maximum Gasteiger partial charge on any atom is 0.204 e. The van der Waals surface area contributed by atoms with Crippen LogP contribution in [0.3, 0.4) is 0 Å². The first kappa shape index (κ1) is 15.4.